The zero-order valence-corrected chi connectivity index (χ0v) is 11.3. The van der Waals surface area contributed by atoms with Gasteiger partial charge in [0.25, 0.3) is 0 Å². The van der Waals surface area contributed by atoms with Gasteiger partial charge in [-0.3, -0.25) is 4.79 Å². The summed E-state index contributed by atoms with van der Waals surface area (Å²) in [7, 11) is 0. The van der Waals surface area contributed by atoms with Crippen molar-refractivity contribution < 1.29 is 18.3 Å². The number of benzene rings is 1. The quantitative estimate of drug-likeness (QED) is 0.903. The summed E-state index contributed by atoms with van der Waals surface area (Å²) in [6.07, 6.45) is -0.480. The number of ether oxygens (including phenoxy) is 1. The second kappa shape index (κ2) is 6.28. The number of morpholine rings is 1. The van der Waals surface area contributed by atoms with E-state index in [0.29, 0.717) is 19.6 Å². The van der Waals surface area contributed by atoms with E-state index in [1.165, 1.54) is 12.1 Å². The molecule has 1 aliphatic rings. The Labute approximate surface area is 116 Å². The number of carbonyl (C=O) groups excluding carboxylic acids is 1. The van der Waals surface area contributed by atoms with Crippen molar-refractivity contribution in [3.63, 3.8) is 0 Å². The number of amides is 1. The molecule has 0 spiro atoms. The molecule has 110 valence electrons. The Morgan fingerprint density at radius 2 is 2.20 bits per heavy atom. The Hall–Kier alpha value is -1.53. The molecule has 6 heteroatoms. The predicted octanol–water partition coefficient (Wildman–Crippen LogP) is 1.08. The van der Waals surface area contributed by atoms with Gasteiger partial charge >= 0.3 is 0 Å². The molecule has 20 heavy (non-hydrogen) atoms. The van der Waals surface area contributed by atoms with Crippen molar-refractivity contribution in [3.8, 4) is 0 Å². The SMILES string of the molecule is CC1CN(C(=O)Cc2cccc(F)c2F)CC(CN)O1. The minimum atomic E-state index is -0.961. The molecule has 0 bridgehead atoms. The number of hydrogen-bond acceptors (Lipinski definition) is 3. The van der Waals surface area contributed by atoms with E-state index in [9.17, 15) is 13.6 Å². The summed E-state index contributed by atoms with van der Waals surface area (Å²) in [5.74, 6) is -2.15. The van der Waals surface area contributed by atoms with E-state index in [0.717, 1.165) is 6.07 Å². The normalized spacial score (nSPS) is 22.9. The average molecular weight is 284 g/mol. The van der Waals surface area contributed by atoms with Crippen LogP contribution in [0.1, 0.15) is 12.5 Å². The van der Waals surface area contributed by atoms with Crippen molar-refractivity contribution in [1.82, 2.24) is 4.90 Å². The van der Waals surface area contributed by atoms with Gasteiger partial charge in [-0.05, 0) is 13.0 Å². The average Bonchev–Trinajstić information content (AvgIpc) is 2.43. The minimum Gasteiger partial charge on any atom is -0.370 e. The molecule has 1 aliphatic heterocycles. The monoisotopic (exact) mass is 284 g/mol. The van der Waals surface area contributed by atoms with Gasteiger partial charge in [0.1, 0.15) is 0 Å². The fourth-order valence-corrected chi connectivity index (χ4v) is 2.34. The maximum absolute atomic E-state index is 13.6. The summed E-state index contributed by atoms with van der Waals surface area (Å²) in [5, 5.41) is 0. The van der Waals surface area contributed by atoms with E-state index in [1.807, 2.05) is 6.92 Å². The number of nitrogens with two attached hydrogens (primary N) is 1. The van der Waals surface area contributed by atoms with E-state index in [2.05, 4.69) is 0 Å². The Bertz CT molecular complexity index is 496. The van der Waals surface area contributed by atoms with Crippen molar-refractivity contribution >= 4 is 5.91 Å². The molecule has 1 aromatic rings. The number of hydrogen-bond donors (Lipinski definition) is 1. The highest BCUT2D eigenvalue weighted by Gasteiger charge is 2.28. The van der Waals surface area contributed by atoms with Crippen LogP contribution in [0.5, 0.6) is 0 Å². The molecule has 1 fully saturated rings. The van der Waals surface area contributed by atoms with E-state index >= 15 is 0 Å². The second-order valence-electron chi connectivity index (χ2n) is 4.99. The Morgan fingerprint density at radius 3 is 2.90 bits per heavy atom. The van der Waals surface area contributed by atoms with E-state index in [4.69, 9.17) is 10.5 Å². The van der Waals surface area contributed by atoms with Gasteiger partial charge in [-0.1, -0.05) is 12.1 Å². The highest BCUT2D eigenvalue weighted by molar-refractivity contribution is 5.79. The summed E-state index contributed by atoms with van der Waals surface area (Å²) in [5.41, 5.74) is 5.62. The molecule has 0 saturated carbocycles. The lowest BCUT2D eigenvalue weighted by atomic mass is 10.1. The van der Waals surface area contributed by atoms with Gasteiger partial charge in [0.15, 0.2) is 11.6 Å². The number of carbonyl (C=O) groups is 1. The lowest BCUT2D eigenvalue weighted by Gasteiger charge is -2.36. The summed E-state index contributed by atoms with van der Waals surface area (Å²) >= 11 is 0. The molecule has 0 radical (unpaired) electrons. The molecule has 2 atom stereocenters. The van der Waals surface area contributed by atoms with Gasteiger partial charge < -0.3 is 15.4 Å². The Morgan fingerprint density at radius 1 is 1.45 bits per heavy atom. The van der Waals surface area contributed by atoms with Crippen molar-refractivity contribution in [3.05, 3.63) is 35.4 Å². The van der Waals surface area contributed by atoms with Gasteiger partial charge in [-0.2, -0.15) is 0 Å². The van der Waals surface area contributed by atoms with Gasteiger partial charge in [0, 0.05) is 25.2 Å². The third kappa shape index (κ3) is 3.32. The van der Waals surface area contributed by atoms with Crippen LogP contribution < -0.4 is 5.73 Å². The maximum atomic E-state index is 13.6. The zero-order valence-electron chi connectivity index (χ0n) is 11.3. The van der Waals surface area contributed by atoms with Crippen molar-refractivity contribution in [2.24, 2.45) is 5.73 Å². The van der Waals surface area contributed by atoms with Crippen LogP contribution in [-0.4, -0.2) is 42.6 Å². The first-order valence-corrected chi connectivity index (χ1v) is 6.57. The third-order valence-electron chi connectivity index (χ3n) is 3.32. The van der Waals surface area contributed by atoms with Crippen molar-refractivity contribution in [2.45, 2.75) is 25.6 Å². The molecular formula is C14H18F2N2O2. The molecule has 1 aromatic carbocycles. The van der Waals surface area contributed by atoms with Gasteiger partial charge in [0.2, 0.25) is 5.91 Å². The van der Waals surface area contributed by atoms with Crippen LogP contribution in [0.15, 0.2) is 18.2 Å². The summed E-state index contributed by atoms with van der Waals surface area (Å²) in [6, 6.07) is 3.84. The molecule has 0 aromatic heterocycles. The molecule has 2 N–H and O–H groups in total. The van der Waals surface area contributed by atoms with Crippen LogP contribution in [0.2, 0.25) is 0 Å². The highest BCUT2D eigenvalue weighted by Crippen LogP contribution is 2.15. The molecular weight excluding hydrogens is 266 g/mol. The van der Waals surface area contributed by atoms with Gasteiger partial charge in [-0.25, -0.2) is 8.78 Å². The van der Waals surface area contributed by atoms with Crippen LogP contribution in [0.4, 0.5) is 8.78 Å². The molecule has 4 nitrogen and oxygen atoms in total. The number of rotatable bonds is 3. The van der Waals surface area contributed by atoms with Crippen LogP contribution in [0, 0.1) is 11.6 Å². The van der Waals surface area contributed by atoms with Crippen LogP contribution in [0.25, 0.3) is 0 Å². The first-order valence-electron chi connectivity index (χ1n) is 6.57. The highest BCUT2D eigenvalue weighted by atomic mass is 19.2. The van der Waals surface area contributed by atoms with E-state index in [-0.39, 0.29) is 30.1 Å². The molecule has 1 saturated heterocycles. The van der Waals surface area contributed by atoms with Crippen LogP contribution in [-0.2, 0) is 16.0 Å². The fourth-order valence-electron chi connectivity index (χ4n) is 2.34. The number of halogens is 2. The topological polar surface area (TPSA) is 55.6 Å². The smallest absolute Gasteiger partial charge is 0.227 e. The van der Waals surface area contributed by atoms with E-state index in [1.54, 1.807) is 4.90 Å². The first kappa shape index (κ1) is 14.9. The summed E-state index contributed by atoms with van der Waals surface area (Å²) in [4.78, 5) is 13.8. The van der Waals surface area contributed by atoms with Crippen LogP contribution in [0.3, 0.4) is 0 Å². The molecule has 1 heterocycles. The van der Waals surface area contributed by atoms with Crippen molar-refractivity contribution in [2.75, 3.05) is 19.6 Å². The van der Waals surface area contributed by atoms with Gasteiger partial charge in [0.05, 0.1) is 18.6 Å². The predicted molar refractivity (Wildman–Crippen MR) is 70.0 cm³/mol. The fraction of sp³-hybridized carbons (Fsp3) is 0.500. The molecule has 2 unspecified atom stereocenters. The lowest BCUT2D eigenvalue weighted by molar-refractivity contribution is -0.143. The largest absolute Gasteiger partial charge is 0.370 e. The first-order chi connectivity index (χ1) is 9.51. The second-order valence-corrected chi connectivity index (χ2v) is 4.99. The lowest BCUT2D eigenvalue weighted by Crippen LogP contribution is -2.51. The minimum absolute atomic E-state index is 0.0680. The maximum Gasteiger partial charge on any atom is 0.227 e. The van der Waals surface area contributed by atoms with E-state index < -0.39 is 11.6 Å². The van der Waals surface area contributed by atoms with Crippen molar-refractivity contribution in [1.29, 1.82) is 0 Å². The third-order valence-corrected chi connectivity index (χ3v) is 3.32. The Kier molecular flexibility index (Phi) is 4.67. The Balaban J connectivity index is 2.06. The summed E-state index contributed by atoms with van der Waals surface area (Å²) < 4.78 is 32.2. The zero-order chi connectivity index (χ0) is 14.7. The summed E-state index contributed by atoms with van der Waals surface area (Å²) in [6.45, 7) is 3.00. The number of nitrogens with zero attached hydrogens (tertiary/aromatic N) is 1. The molecule has 1 amide bonds. The van der Waals surface area contributed by atoms with Crippen LogP contribution >= 0.6 is 0 Å². The molecule has 2 rings (SSSR count). The molecule has 0 aliphatic carbocycles. The van der Waals surface area contributed by atoms with Gasteiger partial charge in [-0.15, -0.1) is 0 Å². The standard InChI is InChI=1S/C14H18F2N2O2/c1-9-7-18(8-11(6-17)20-9)13(19)5-10-3-2-4-12(15)14(10)16/h2-4,9,11H,5-8,17H2,1H3.